The van der Waals surface area contributed by atoms with E-state index in [0.717, 1.165) is 0 Å². The molecule has 1 nitrogen and oxygen atoms in total. The molecule has 0 aliphatic heterocycles. The molecule has 16 heavy (non-hydrogen) atoms. The molecule has 0 bridgehead atoms. The first-order valence-corrected chi connectivity index (χ1v) is 7.20. The van der Waals surface area contributed by atoms with E-state index in [-0.39, 0.29) is 5.54 Å². The van der Waals surface area contributed by atoms with E-state index in [0.29, 0.717) is 5.41 Å². The van der Waals surface area contributed by atoms with Gasteiger partial charge in [-0.2, -0.15) is 0 Å². The first kappa shape index (κ1) is 14.0. The fourth-order valence-corrected chi connectivity index (χ4v) is 2.71. The van der Waals surface area contributed by atoms with Crippen LogP contribution in [0.1, 0.15) is 85.0 Å². The average molecular weight is 225 g/mol. The smallest absolute Gasteiger partial charge is 0.0126 e. The van der Waals surface area contributed by atoms with Gasteiger partial charge in [0.15, 0.2) is 0 Å². The van der Waals surface area contributed by atoms with Crippen LogP contribution < -0.4 is 5.73 Å². The first-order chi connectivity index (χ1) is 7.41. The minimum absolute atomic E-state index is 0.0798. The van der Waals surface area contributed by atoms with Gasteiger partial charge in [0.25, 0.3) is 0 Å². The van der Waals surface area contributed by atoms with E-state index in [1.54, 1.807) is 0 Å². The highest BCUT2D eigenvalue weighted by Gasteiger charge is 2.24. The summed E-state index contributed by atoms with van der Waals surface area (Å²) in [6.07, 6.45) is 13.5. The molecule has 1 atom stereocenters. The fraction of sp³-hybridized carbons (Fsp3) is 1.00. The third kappa shape index (κ3) is 5.89. The Bertz CT molecular complexity index is 172. The van der Waals surface area contributed by atoms with Crippen molar-refractivity contribution in [1.29, 1.82) is 0 Å². The lowest BCUT2D eigenvalue weighted by Gasteiger charge is -2.32. The third-order valence-corrected chi connectivity index (χ3v) is 4.22. The lowest BCUT2D eigenvalue weighted by molar-refractivity contribution is 0.241. The van der Waals surface area contributed by atoms with Crippen LogP contribution in [0.2, 0.25) is 0 Å². The second-order valence-electron chi connectivity index (χ2n) is 6.94. The zero-order valence-electron chi connectivity index (χ0n) is 11.6. The summed E-state index contributed by atoms with van der Waals surface area (Å²) < 4.78 is 0. The maximum Gasteiger partial charge on any atom is 0.0126 e. The Hall–Kier alpha value is -0.0400. The summed E-state index contributed by atoms with van der Waals surface area (Å²) in [6, 6.07) is 0. The SMILES string of the molecule is CC1(C)CCCCCCCCC(C)(N)CC1. The monoisotopic (exact) mass is 225 g/mol. The van der Waals surface area contributed by atoms with Crippen LogP contribution in [0.15, 0.2) is 0 Å². The number of hydrogen-bond donors (Lipinski definition) is 1. The van der Waals surface area contributed by atoms with E-state index in [9.17, 15) is 0 Å². The van der Waals surface area contributed by atoms with Crippen LogP contribution in [0, 0.1) is 5.41 Å². The van der Waals surface area contributed by atoms with Crippen molar-refractivity contribution in [3.05, 3.63) is 0 Å². The van der Waals surface area contributed by atoms with Gasteiger partial charge in [0, 0.05) is 5.54 Å². The normalized spacial score (nSPS) is 33.8. The molecule has 0 amide bonds. The summed E-state index contributed by atoms with van der Waals surface area (Å²) in [5.41, 5.74) is 6.96. The Balaban J connectivity index is 2.47. The highest BCUT2D eigenvalue weighted by Crippen LogP contribution is 2.33. The molecule has 1 aliphatic rings. The number of hydrogen-bond acceptors (Lipinski definition) is 1. The maximum absolute atomic E-state index is 6.38. The summed E-state index contributed by atoms with van der Waals surface area (Å²) in [6.45, 7) is 7.07. The van der Waals surface area contributed by atoms with Gasteiger partial charge in [-0.3, -0.25) is 0 Å². The van der Waals surface area contributed by atoms with Crippen LogP contribution >= 0.6 is 0 Å². The maximum atomic E-state index is 6.38. The zero-order chi connectivity index (χ0) is 12.1. The highest BCUT2D eigenvalue weighted by molar-refractivity contribution is 4.82. The number of rotatable bonds is 0. The van der Waals surface area contributed by atoms with Crippen molar-refractivity contribution in [2.75, 3.05) is 0 Å². The summed E-state index contributed by atoms with van der Waals surface area (Å²) >= 11 is 0. The van der Waals surface area contributed by atoms with E-state index in [4.69, 9.17) is 5.73 Å². The van der Waals surface area contributed by atoms with Crippen LogP contribution in [-0.4, -0.2) is 5.54 Å². The fourth-order valence-electron chi connectivity index (χ4n) is 2.71. The predicted molar refractivity (Wildman–Crippen MR) is 72.5 cm³/mol. The van der Waals surface area contributed by atoms with Gasteiger partial charge in [-0.15, -0.1) is 0 Å². The summed E-state index contributed by atoms with van der Waals surface area (Å²) in [7, 11) is 0. The van der Waals surface area contributed by atoms with Gasteiger partial charge in [-0.05, 0) is 38.0 Å². The molecule has 1 fully saturated rings. The molecular weight excluding hydrogens is 194 g/mol. The Morgan fingerprint density at radius 3 is 1.75 bits per heavy atom. The Morgan fingerprint density at radius 2 is 1.12 bits per heavy atom. The van der Waals surface area contributed by atoms with Crippen LogP contribution in [-0.2, 0) is 0 Å². The van der Waals surface area contributed by atoms with Crippen LogP contribution in [0.5, 0.6) is 0 Å². The van der Waals surface area contributed by atoms with Gasteiger partial charge in [0.05, 0.1) is 0 Å². The van der Waals surface area contributed by atoms with Crippen LogP contribution in [0.4, 0.5) is 0 Å². The standard InChI is InChI=1S/C15H31N/c1-14(2)10-8-6-4-5-7-9-11-15(3,16)13-12-14/h4-13,16H2,1-3H3. The minimum Gasteiger partial charge on any atom is -0.325 e. The summed E-state index contributed by atoms with van der Waals surface area (Å²) in [5, 5.41) is 0. The number of nitrogens with two attached hydrogens (primary N) is 1. The van der Waals surface area contributed by atoms with Crippen molar-refractivity contribution < 1.29 is 0 Å². The largest absolute Gasteiger partial charge is 0.325 e. The zero-order valence-corrected chi connectivity index (χ0v) is 11.6. The highest BCUT2D eigenvalue weighted by atomic mass is 14.7. The summed E-state index contributed by atoms with van der Waals surface area (Å²) in [5.74, 6) is 0. The Kier molecular flexibility index (Phi) is 5.30. The van der Waals surface area contributed by atoms with Crippen LogP contribution in [0.3, 0.4) is 0 Å². The third-order valence-electron chi connectivity index (χ3n) is 4.22. The van der Waals surface area contributed by atoms with Crippen molar-refractivity contribution >= 4 is 0 Å². The predicted octanol–water partition coefficient (Wildman–Crippen LogP) is 4.64. The molecule has 0 spiro atoms. The van der Waals surface area contributed by atoms with Gasteiger partial charge in [-0.25, -0.2) is 0 Å². The van der Waals surface area contributed by atoms with E-state index in [2.05, 4.69) is 20.8 Å². The van der Waals surface area contributed by atoms with Gasteiger partial charge < -0.3 is 5.73 Å². The Labute approximate surface area is 102 Å². The molecule has 0 heterocycles. The second-order valence-corrected chi connectivity index (χ2v) is 6.94. The molecule has 0 aromatic heterocycles. The molecular formula is C15H31N. The lowest BCUT2D eigenvalue weighted by atomic mass is 9.77. The van der Waals surface area contributed by atoms with E-state index in [1.165, 1.54) is 64.2 Å². The second kappa shape index (κ2) is 6.05. The van der Waals surface area contributed by atoms with E-state index < -0.39 is 0 Å². The van der Waals surface area contributed by atoms with Crippen molar-refractivity contribution in [2.45, 2.75) is 90.5 Å². The van der Waals surface area contributed by atoms with Crippen molar-refractivity contribution in [2.24, 2.45) is 11.1 Å². The van der Waals surface area contributed by atoms with Gasteiger partial charge in [0.1, 0.15) is 0 Å². The van der Waals surface area contributed by atoms with E-state index >= 15 is 0 Å². The molecule has 96 valence electrons. The molecule has 0 radical (unpaired) electrons. The van der Waals surface area contributed by atoms with Crippen LogP contribution in [0.25, 0.3) is 0 Å². The topological polar surface area (TPSA) is 26.0 Å². The molecule has 1 saturated carbocycles. The molecule has 1 aliphatic carbocycles. The van der Waals surface area contributed by atoms with Gasteiger partial charge in [0.2, 0.25) is 0 Å². The molecule has 0 saturated heterocycles. The molecule has 1 rings (SSSR count). The molecule has 0 aromatic carbocycles. The molecule has 2 N–H and O–H groups in total. The van der Waals surface area contributed by atoms with Gasteiger partial charge >= 0.3 is 0 Å². The summed E-state index contributed by atoms with van der Waals surface area (Å²) in [4.78, 5) is 0. The molecule has 1 unspecified atom stereocenters. The van der Waals surface area contributed by atoms with Crippen molar-refractivity contribution in [1.82, 2.24) is 0 Å². The van der Waals surface area contributed by atoms with Crippen molar-refractivity contribution in [3.63, 3.8) is 0 Å². The minimum atomic E-state index is 0.0798. The Morgan fingerprint density at radius 1 is 0.625 bits per heavy atom. The first-order valence-electron chi connectivity index (χ1n) is 7.20. The quantitative estimate of drug-likeness (QED) is 0.638. The van der Waals surface area contributed by atoms with Gasteiger partial charge in [-0.1, -0.05) is 52.4 Å². The van der Waals surface area contributed by atoms with E-state index in [1.807, 2.05) is 0 Å². The molecule has 1 heteroatoms. The van der Waals surface area contributed by atoms with Crippen molar-refractivity contribution in [3.8, 4) is 0 Å². The molecule has 0 aromatic rings. The lowest BCUT2D eigenvalue weighted by Crippen LogP contribution is -2.37. The average Bonchev–Trinajstić information content (AvgIpc) is 2.18.